The average Bonchev–Trinajstić information content (AvgIpc) is 2.55. The SMILES string of the molecule is CCC(C(=O)NC(C(=O)O)c1ccccc1)n1ccc(C)cc1=O. The number of nitrogens with one attached hydrogen (secondary N) is 1. The van der Waals surface area contributed by atoms with Crippen LogP contribution in [0, 0.1) is 6.92 Å². The van der Waals surface area contributed by atoms with Crippen LogP contribution in [0.15, 0.2) is 53.5 Å². The number of carboxylic acids is 1. The van der Waals surface area contributed by atoms with Crippen molar-refractivity contribution in [2.75, 3.05) is 0 Å². The van der Waals surface area contributed by atoms with E-state index in [1.54, 1.807) is 56.4 Å². The molecule has 0 aliphatic carbocycles. The molecule has 6 heteroatoms. The van der Waals surface area contributed by atoms with Crippen LogP contribution in [0.1, 0.15) is 36.6 Å². The highest BCUT2D eigenvalue weighted by atomic mass is 16.4. The number of pyridine rings is 1. The van der Waals surface area contributed by atoms with E-state index >= 15 is 0 Å². The van der Waals surface area contributed by atoms with Crippen LogP contribution in [0.5, 0.6) is 0 Å². The summed E-state index contributed by atoms with van der Waals surface area (Å²) in [6.07, 6.45) is 1.93. The van der Waals surface area contributed by atoms with Crippen molar-refractivity contribution in [3.63, 3.8) is 0 Å². The van der Waals surface area contributed by atoms with E-state index in [1.807, 2.05) is 0 Å². The molecule has 1 heterocycles. The van der Waals surface area contributed by atoms with Gasteiger partial charge in [-0.15, -0.1) is 0 Å². The number of carbonyl (C=O) groups is 2. The van der Waals surface area contributed by atoms with Gasteiger partial charge < -0.3 is 15.0 Å². The maximum Gasteiger partial charge on any atom is 0.330 e. The highest BCUT2D eigenvalue weighted by Gasteiger charge is 2.26. The standard InChI is InChI=1S/C18H20N2O4/c1-3-14(20-10-9-12(2)11-15(20)21)17(22)19-16(18(23)24)13-7-5-4-6-8-13/h4-11,14,16H,3H2,1-2H3,(H,19,22)(H,23,24). The van der Waals surface area contributed by atoms with Gasteiger partial charge in [0, 0.05) is 12.3 Å². The first kappa shape index (κ1) is 17.5. The number of aliphatic carboxylic acids is 1. The summed E-state index contributed by atoms with van der Waals surface area (Å²) in [6, 6.07) is 9.72. The van der Waals surface area contributed by atoms with E-state index < -0.39 is 24.0 Å². The fraction of sp³-hybridized carbons (Fsp3) is 0.278. The third kappa shape index (κ3) is 3.90. The number of aryl methyl sites for hydroxylation is 1. The third-order valence-corrected chi connectivity index (χ3v) is 3.80. The molecule has 0 bridgehead atoms. The Labute approximate surface area is 139 Å². The number of benzene rings is 1. The van der Waals surface area contributed by atoms with Gasteiger partial charge in [-0.1, -0.05) is 37.3 Å². The molecule has 0 aliphatic rings. The molecule has 1 aromatic heterocycles. The highest BCUT2D eigenvalue weighted by molar-refractivity contribution is 5.86. The number of carboxylic acid groups (broad SMARTS) is 1. The maximum absolute atomic E-state index is 12.6. The monoisotopic (exact) mass is 328 g/mol. The van der Waals surface area contributed by atoms with Crippen LogP contribution in [0.3, 0.4) is 0 Å². The van der Waals surface area contributed by atoms with Crippen molar-refractivity contribution in [2.45, 2.75) is 32.4 Å². The van der Waals surface area contributed by atoms with Crippen LogP contribution >= 0.6 is 0 Å². The van der Waals surface area contributed by atoms with Crippen LogP contribution in [0.25, 0.3) is 0 Å². The van der Waals surface area contributed by atoms with Gasteiger partial charge in [-0.3, -0.25) is 9.59 Å². The molecule has 126 valence electrons. The second kappa shape index (κ2) is 7.59. The molecule has 0 spiro atoms. The number of carbonyl (C=O) groups excluding carboxylic acids is 1. The van der Waals surface area contributed by atoms with Gasteiger partial charge in [-0.2, -0.15) is 0 Å². The number of aromatic nitrogens is 1. The van der Waals surface area contributed by atoms with E-state index in [9.17, 15) is 19.5 Å². The average molecular weight is 328 g/mol. The molecule has 2 rings (SSSR count). The van der Waals surface area contributed by atoms with Crippen molar-refractivity contribution in [3.8, 4) is 0 Å². The lowest BCUT2D eigenvalue weighted by atomic mass is 10.1. The fourth-order valence-corrected chi connectivity index (χ4v) is 2.53. The van der Waals surface area contributed by atoms with Gasteiger partial charge in [0.1, 0.15) is 6.04 Å². The van der Waals surface area contributed by atoms with Crippen molar-refractivity contribution in [2.24, 2.45) is 0 Å². The van der Waals surface area contributed by atoms with Gasteiger partial charge >= 0.3 is 5.97 Å². The predicted octanol–water partition coefficient (Wildman–Crippen LogP) is 2.05. The molecule has 0 saturated heterocycles. The minimum Gasteiger partial charge on any atom is -0.479 e. The molecule has 2 aromatic rings. The molecule has 0 fully saturated rings. The van der Waals surface area contributed by atoms with E-state index in [0.717, 1.165) is 5.56 Å². The smallest absolute Gasteiger partial charge is 0.330 e. The van der Waals surface area contributed by atoms with Gasteiger partial charge in [0.25, 0.3) is 5.56 Å². The van der Waals surface area contributed by atoms with Crippen LogP contribution in [0.4, 0.5) is 0 Å². The summed E-state index contributed by atoms with van der Waals surface area (Å²) in [7, 11) is 0. The largest absolute Gasteiger partial charge is 0.479 e. The molecule has 0 radical (unpaired) electrons. The zero-order chi connectivity index (χ0) is 17.7. The van der Waals surface area contributed by atoms with Crippen molar-refractivity contribution in [1.82, 2.24) is 9.88 Å². The van der Waals surface area contributed by atoms with Gasteiger partial charge in [-0.05, 0) is 30.5 Å². The number of hydrogen-bond acceptors (Lipinski definition) is 3. The van der Waals surface area contributed by atoms with E-state index in [4.69, 9.17) is 0 Å². The number of rotatable bonds is 6. The first-order chi connectivity index (χ1) is 11.4. The number of amides is 1. The van der Waals surface area contributed by atoms with Crippen LogP contribution in [-0.2, 0) is 9.59 Å². The molecule has 2 atom stereocenters. The Balaban J connectivity index is 2.27. The molecule has 1 aromatic carbocycles. The van der Waals surface area contributed by atoms with Gasteiger partial charge in [-0.25, -0.2) is 4.79 Å². The zero-order valence-electron chi connectivity index (χ0n) is 13.6. The summed E-state index contributed by atoms with van der Waals surface area (Å²) in [5.74, 6) is -1.65. The second-order valence-corrected chi connectivity index (χ2v) is 5.56. The van der Waals surface area contributed by atoms with Gasteiger partial charge in [0.2, 0.25) is 5.91 Å². The summed E-state index contributed by atoms with van der Waals surface area (Å²) < 4.78 is 1.33. The first-order valence-corrected chi connectivity index (χ1v) is 7.71. The molecule has 24 heavy (non-hydrogen) atoms. The minimum absolute atomic E-state index is 0.288. The predicted molar refractivity (Wildman–Crippen MR) is 89.7 cm³/mol. The summed E-state index contributed by atoms with van der Waals surface area (Å²) in [5.41, 5.74) is 0.993. The summed E-state index contributed by atoms with van der Waals surface area (Å²) in [6.45, 7) is 3.57. The van der Waals surface area contributed by atoms with Crippen molar-refractivity contribution in [3.05, 3.63) is 70.1 Å². The quantitative estimate of drug-likeness (QED) is 0.849. The van der Waals surface area contributed by atoms with E-state index in [1.165, 1.54) is 10.6 Å². The zero-order valence-corrected chi connectivity index (χ0v) is 13.6. The van der Waals surface area contributed by atoms with Gasteiger partial charge in [0.15, 0.2) is 6.04 Å². The van der Waals surface area contributed by atoms with Crippen LogP contribution in [-0.4, -0.2) is 21.6 Å². The Morgan fingerprint density at radius 3 is 2.42 bits per heavy atom. The minimum atomic E-state index is -1.16. The lowest BCUT2D eigenvalue weighted by Gasteiger charge is -2.21. The van der Waals surface area contributed by atoms with E-state index in [0.29, 0.717) is 12.0 Å². The van der Waals surface area contributed by atoms with Crippen molar-refractivity contribution >= 4 is 11.9 Å². The van der Waals surface area contributed by atoms with E-state index in [-0.39, 0.29) is 5.56 Å². The number of nitrogens with zero attached hydrogens (tertiary/aromatic N) is 1. The first-order valence-electron chi connectivity index (χ1n) is 7.71. The lowest BCUT2D eigenvalue weighted by Crippen LogP contribution is -2.40. The Morgan fingerprint density at radius 1 is 1.21 bits per heavy atom. The van der Waals surface area contributed by atoms with Gasteiger partial charge in [0.05, 0.1) is 0 Å². The molecule has 1 amide bonds. The van der Waals surface area contributed by atoms with Crippen LogP contribution < -0.4 is 10.9 Å². The Morgan fingerprint density at radius 2 is 1.88 bits per heavy atom. The normalized spacial score (nSPS) is 13.1. The fourth-order valence-electron chi connectivity index (χ4n) is 2.53. The summed E-state index contributed by atoms with van der Waals surface area (Å²) >= 11 is 0. The molecule has 0 saturated carbocycles. The molecule has 0 aliphatic heterocycles. The Bertz CT molecular complexity index is 783. The Kier molecular flexibility index (Phi) is 5.52. The topological polar surface area (TPSA) is 88.4 Å². The maximum atomic E-state index is 12.6. The molecule has 2 unspecified atom stereocenters. The molecule has 6 nitrogen and oxygen atoms in total. The third-order valence-electron chi connectivity index (χ3n) is 3.80. The highest BCUT2D eigenvalue weighted by Crippen LogP contribution is 2.16. The van der Waals surface area contributed by atoms with E-state index in [2.05, 4.69) is 5.32 Å². The summed E-state index contributed by atoms with van der Waals surface area (Å²) in [5, 5.41) is 11.9. The lowest BCUT2D eigenvalue weighted by molar-refractivity contribution is -0.142. The Hall–Kier alpha value is -2.89. The van der Waals surface area contributed by atoms with Crippen LogP contribution in [0.2, 0.25) is 0 Å². The number of hydrogen-bond donors (Lipinski definition) is 2. The van der Waals surface area contributed by atoms with Crippen molar-refractivity contribution < 1.29 is 14.7 Å². The second-order valence-electron chi connectivity index (χ2n) is 5.56. The molecular weight excluding hydrogens is 308 g/mol. The molecular formula is C18H20N2O4. The summed E-state index contributed by atoms with van der Waals surface area (Å²) in [4.78, 5) is 36.2. The molecule has 2 N–H and O–H groups in total. The van der Waals surface area contributed by atoms with Crippen molar-refractivity contribution in [1.29, 1.82) is 0 Å².